The number of halogens is 3. The van der Waals surface area contributed by atoms with E-state index < -0.39 is 29.4 Å². The molecule has 3 rings (SSSR count). The number of aromatic nitrogens is 1. The summed E-state index contributed by atoms with van der Waals surface area (Å²) in [7, 11) is 0. The van der Waals surface area contributed by atoms with Gasteiger partial charge >= 0.3 is 6.18 Å². The van der Waals surface area contributed by atoms with Crippen LogP contribution in [0, 0.1) is 0 Å². The fourth-order valence-electron chi connectivity index (χ4n) is 3.21. The van der Waals surface area contributed by atoms with Gasteiger partial charge in [-0.05, 0) is 42.7 Å². The van der Waals surface area contributed by atoms with Gasteiger partial charge in [-0.3, -0.25) is 4.98 Å². The van der Waals surface area contributed by atoms with Gasteiger partial charge in [0.25, 0.3) is 0 Å². The van der Waals surface area contributed by atoms with Gasteiger partial charge in [-0.1, -0.05) is 18.2 Å². The first-order chi connectivity index (χ1) is 10.8. The number of pyridine rings is 1. The topological polar surface area (TPSA) is 53.4 Å². The van der Waals surface area contributed by atoms with Gasteiger partial charge in [-0.2, -0.15) is 13.2 Å². The van der Waals surface area contributed by atoms with Crippen molar-refractivity contribution in [3.63, 3.8) is 0 Å². The Morgan fingerprint density at radius 1 is 1.09 bits per heavy atom. The number of aliphatic hydroxyl groups is 2. The van der Waals surface area contributed by atoms with E-state index in [1.807, 2.05) is 0 Å². The molecule has 0 amide bonds. The first-order valence-electron chi connectivity index (χ1n) is 7.28. The molecule has 23 heavy (non-hydrogen) atoms. The third kappa shape index (κ3) is 2.84. The first-order valence-corrected chi connectivity index (χ1v) is 7.28. The molecule has 1 aliphatic carbocycles. The van der Waals surface area contributed by atoms with Crippen molar-refractivity contribution in [2.24, 2.45) is 0 Å². The number of alkyl halides is 3. The van der Waals surface area contributed by atoms with Crippen molar-refractivity contribution in [3.8, 4) is 0 Å². The van der Waals surface area contributed by atoms with Crippen molar-refractivity contribution >= 4 is 0 Å². The maximum atomic E-state index is 12.7. The molecule has 1 fully saturated rings. The van der Waals surface area contributed by atoms with Crippen molar-refractivity contribution in [2.45, 2.75) is 36.6 Å². The van der Waals surface area contributed by atoms with Crippen LogP contribution in [0.3, 0.4) is 0 Å². The third-order valence-corrected chi connectivity index (χ3v) is 4.48. The van der Waals surface area contributed by atoms with Crippen molar-refractivity contribution in [2.75, 3.05) is 0 Å². The largest absolute Gasteiger partial charge is 0.416 e. The van der Waals surface area contributed by atoms with E-state index in [0.29, 0.717) is 11.3 Å². The third-order valence-electron chi connectivity index (χ3n) is 4.48. The zero-order valence-corrected chi connectivity index (χ0v) is 12.2. The summed E-state index contributed by atoms with van der Waals surface area (Å²) < 4.78 is 38.1. The number of benzene rings is 1. The van der Waals surface area contributed by atoms with Crippen molar-refractivity contribution in [1.29, 1.82) is 0 Å². The van der Waals surface area contributed by atoms with E-state index in [1.165, 1.54) is 12.1 Å². The molecule has 0 bridgehead atoms. The zero-order valence-electron chi connectivity index (χ0n) is 12.2. The summed E-state index contributed by atoms with van der Waals surface area (Å²) in [6.07, 6.45) is -3.83. The van der Waals surface area contributed by atoms with Gasteiger partial charge in [-0.15, -0.1) is 0 Å². The summed E-state index contributed by atoms with van der Waals surface area (Å²) in [6, 6.07) is 9.89. The van der Waals surface area contributed by atoms with Crippen LogP contribution in [0.25, 0.3) is 0 Å². The van der Waals surface area contributed by atoms with E-state index in [1.54, 1.807) is 24.4 Å². The Balaban J connectivity index is 1.95. The summed E-state index contributed by atoms with van der Waals surface area (Å²) in [5.41, 5.74) is -0.519. The van der Waals surface area contributed by atoms with Crippen LogP contribution in [0.2, 0.25) is 0 Å². The molecule has 0 saturated heterocycles. The normalized spacial score (nSPS) is 25.7. The van der Waals surface area contributed by atoms with Crippen LogP contribution in [0.5, 0.6) is 0 Å². The molecule has 1 saturated carbocycles. The van der Waals surface area contributed by atoms with Gasteiger partial charge in [0.2, 0.25) is 0 Å². The van der Waals surface area contributed by atoms with Gasteiger partial charge in [0, 0.05) is 11.6 Å². The zero-order chi connectivity index (χ0) is 16.7. The molecule has 2 N–H and O–H groups in total. The molecule has 2 aromatic rings. The Morgan fingerprint density at radius 3 is 2.22 bits per heavy atom. The lowest BCUT2D eigenvalue weighted by molar-refractivity contribution is -0.137. The molecule has 1 heterocycles. The summed E-state index contributed by atoms with van der Waals surface area (Å²) in [4.78, 5) is 4.12. The van der Waals surface area contributed by atoms with E-state index in [2.05, 4.69) is 4.98 Å². The molecular weight excluding hydrogens is 307 g/mol. The lowest BCUT2D eigenvalue weighted by Gasteiger charge is -2.48. The SMILES string of the molecule is O[C@H](c1ccccn1)[C@]1(c2ccc(C(F)(F)F)cc2)C[C@@H](O)C1. The Morgan fingerprint density at radius 2 is 1.74 bits per heavy atom. The molecule has 6 heteroatoms. The van der Waals surface area contributed by atoms with E-state index in [0.717, 1.165) is 12.1 Å². The molecule has 3 nitrogen and oxygen atoms in total. The Labute approximate surface area is 131 Å². The van der Waals surface area contributed by atoms with Gasteiger partial charge < -0.3 is 10.2 Å². The molecule has 0 radical (unpaired) electrons. The summed E-state index contributed by atoms with van der Waals surface area (Å²) in [5, 5.41) is 20.4. The van der Waals surface area contributed by atoms with Crippen LogP contribution < -0.4 is 0 Å². The average Bonchev–Trinajstić information content (AvgIpc) is 2.51. The van der Waals surface area contributed by atoms with E-state index in [9.17, 15) is 23.4 Å². The first kappa shape index (κ1) is 16.0. The van der Waals surface area contributed by atoms with Crippen LogP contribution in [-0.2, 0) is 11.6 Å². The Hall–Kier alpha value is -1.92. The highest BCUT2D eigenvalue weighted by atomic mass is 19.4. The van der Waals surface area contributed by atoms with Crippen molar-refractivity contribution in [3.05, 3.63) is 65.5 Å². The molecule has 0 unspecified atom stereocenters. The van der Waals surface area contributed by atoms with Gasteiger partial charge in [0.15, 0.2) is 0 Å². The highest BCUT2D eigenvalue weighted by Gasteiger charge is 2.51. The maximum Gasteiger partial charge on any atom is 0.416 e. The Bertz CT molecular complexity index is 664. The molecule has 0 aliphatic heterocycles. The smallest absolute Gasteiger partial charge is 0.393 e. The van der Waals surface area contributed by atoms with Gasteiger partial charge in [-0.25, -0.2) is 0 Å². The predicted octanol–water partition coefficient (Wildman–Crippen LogP) is 3.23. The van der Waals surface area contributed by atoms with Crippen LogP contribution >= 0.6 is 0 Å². The number of rotatable bonds is 3. The molecule has 1 aromatic heterocycles. The van der Waals surface area contributed by atoms with Crippen LogP contribution in [0.15, 0.2) is 48.7 Å². The second-order valence-corrected chi connectivity index (χ2v) is 5.95. The number of hydrogen-bond donors (Lipinski definition) is 2. The standard InChI is InChI=1S/C17H16F3NO2/c18-17(19,20)12-6-4-11(5-7-12)16(9-13(22)10-16)15(23)14-3-1-2-8-21-14/h1-8,13,15,22-23H,9-10H2/t13-,15-,16-/m1/s1. The average molecular weight is 323 g/mol. The number of hydrogen-bond acceptors (Lipinski definition) is 3. The maximum absolute atomic E-state index is 12.7. The van der Waals surface area contributed by atoms with Crippen molar-refractivity contribution in [1.82, 2.24) is 4.98 Å². The molecular formula is C17H16F3NO2. The summed E-state index contributed by atoms with van der Waals surface area (Å²) in [6.45, 7) is 0. The fraction of sp³-hybridized carbons (Fsp3) is 0.353. The minimum atomic E-state index is -4.40. The summed E-state index contributed by atoms with van der Waals surface area (Å²) in [5.74, 6) is 0. The second-order valence-electron chi connectivity index (χ2n) is 5.95. The number of nitrogens with zero attached hydrogens (tertiary/aromatic N) is 1. The molecule has 1 aromatic carbocycles. The van der Waals surface area contributed by atoms with E-state index in [-0.39, 0.29) is 12.8 Å². The lowest BCUT2D eigenvalue weighted by Crippen LogP contribution is -2.49. The van der Waals surface area contributed by atoms with Crippen LogP contribution in [-0.4, -0.2) is 21.3 Å². The monoisotopic (exact) mass is 323 g/mol. The lowest BCUT2D eigenvalue weighted by atomic mass is 9.59. The molecule has 0 spiro atoms. The van der Waals surface area contributed by atoms with E-state index in [4.69, 9.17) is 0 Å². The minimum Gasteiger partial charge on any atom is -0.393 e. The predicted molar refractivity (Wildman–Crippen MR) is 77.6 cm³/mol. The highest BCUT2D eigenvalue weighted by molar-refractivity contribution is 5.36. The Kier molecular flexibility index (Phi) is 3.90. The van der Waals surface area contributed by atoms with Crippen molar-refractivity contribution < 1.29 is 23.4 Å². The van der Waals surface area contributed by atoms with E-state index >= 15 is 0 Å². The second kappa shape index (κ2) is 5.62. The minimum absolute atomic E-state index is 0.288. The fourth-order valence-corrected chi connectivity index (χ4v) is 3.21. The molecule has 1 atom stereocenters. The molecule has 1 aliphatic rings. The highest BCUT2D eigenvalue weighted by Crippen LogP contribution is 2.52. The van der Waals surface area contributed by atoms with Gasteiger partial charge in [0.1, 0.15) is 6.10 Å². The molecule has 122 valence electrons. The summed E-state index contributed by atoms with van der Waals surface area (Å²) >= 11 is 0. The number of aliphatic hydroxyl groups excluding tert-OH is 2. The van der Waals surface area contributed by atoms with Crippen LogP contribution in [0.4, 0.5) is 13.2 Å². The van der Waals surface area contributed by atoms with Crippen LogP contribution in [0.1, 0.15) is 35.8 Å². The quantitative estimate of drug-likeness (QED) is 0.912. The van der Waals surface area contributed by atoms with Gasteiger partial charge in [0.05, 0.1) is 17.4 Å².